The molecule has 0 unspecified atom stereocenters. The Morgan fingerprint density at radius 2 is 1.90 bits per heavy atom. The lowest BCUT2D eigenvalue weighted by Gasteiger charge is -2.09. The van der Waals surface area contributed by atoms with Crippen molar-refractivity contribution in [3.8, 4) is 0 Å². The number of rotatable bonds is 3. The minimum absolute atomic E-state index is 0.312. The van der Waals surface area contributed by atoms with Crippen LogP contribution in [0.25, 0.3) is 10.9 Å². The van der Waals surface area contributed by atoms with Gasteiger partial charge in [-0.25, -0.2) is 9.78 Å². The maximum Gasteiger partial charge on any atom is 0.335 e. The van der Waals surface area contributed by atoms with Crippen LogP contribution in [0.1, 0.15) is 15.9 Å². The zero-order chi connectivity index (χ0) is 14.8. The fraction of sp³-hybridized carbons (Fsp3) is 0.0588. The normalized spacial score (nSPS) is 10.5. The third kappa shape index (κ3) is 2.69. The summed E-state index contributed by atoms with van der Waals surface area (Å²) < 4.78 is 0. The van der Waals surface area contributed by atoms with Crippen LogP contribution in [0.4, 0.5) is 11.5 Å². The number of anilines is 2. The van der Waals surface area contributed by atoms with Gasteiger partial charge in [-0.15, -0.1) is 0 Å². The molecule has 0 aliphatic heterocycles. The predicted molar refractivity (Wildman–Crippen MR) is 83.2 cm³/mol. The van der Waals surface area contributed by atoms with Crippen LogP contribution in [0, 0.1) is 6.92 Å². The highest BCUT2D eigenvalue weighted by Crippen LogP contribution is 2.21. The molecular formula is C17H14N2O2. The lowest BCUT2D eigenvalue weighted by Crippen LogP contribution is -2.01. The number of fused-ring (bicyclic) bond motifs is 1. The molecule has 1 aromatic heterocycles. The highest BCUT2D eigenvalue weighted by atomic mass is 16.4. The first-order valence-corrected chi connectivity index (χ1v) is 6.60. The summed E-state index contributed by atoms with van der Waals surface area (Å²) in [7, 11) is 0. The smallest absolute Gasteiger partial charge is 0.335 e. The number of carboxylic acids is 1. The van der Waals surface area contributed by atoms with E-state index < -0.39 is 5.97 Å². The molecule has 104 valence electrons. The number of para-hydroxylation sites is 1. The van der Waals surface area contributed by atoms with E-state index in [2.05, 4.69) is 10.3 Å². The van der Waals surface area contributed by atoms with E-state index in [1.54, 1.807) is 25.1 Å². The van der Waals surface area contributed by atoms with Gasteiger partial charge in [-0.05, 0) is 48.9 Å². The van der Waals surface area contributed by atoms with Crippen LogP contribution in [-0.4, -0.2) is 16.1 Å². The van der Waals surface area contributed by atoms with Crippen LogP contribution >= 0.6 is 0 Å². The van der Waals surface area contributed by atoms with Crippen molar-refractivity contribution in [3.05, 3.63) is 65.7 Å². The number of hydrogen-bond acceptors (Lipinski definition) is 3. The summed E-state index contributed by atoms with van der Waals surface area (Å²) in [5.74, 6) is -0.181. The van der Waals surface area contributed by atoms with Crippen molar-refractivity contribution in [2.75, 3.05) is 5.32 Å². The maximum absolute atomic E-state index is 11.0. The minimum Gasteiger partial charge on any atom is -0.478 e. The van der Waals surface area contributed by atoms with E-state index in [4.69, 9.17) is 5.11 Å². The standard InChI is InChI=1S/C17H14N2O2/c1-11-10-13(7-8-14(11)17(20)21)18-16-9-6-12-4-2-3-5-15(12)19-16/h2-10H,1H3,(H,18,19)(H,20,21). The van der Waals surface area contributed by atoms with E-state index in [1.165, 1.54) is 0 Å². The van der Waals surface area contributed by atoms with Crippen molar-refractivity contribution < 1.29 is 9.90 Å². The predicted octanol–water partition coefficient (Wildman–Crippen LogP) is 3.99. The van der Waals surface area contributed by atoms with Gasteiger partial charge in [0, 0.05) is 11.1 Å². The van der Waals surface area contributed by atoms with E-state index in [-0.39, 0.29) is 0 Å². The van der Waals surface area contributed by atoms with Gasteiger partial charge >= 0.3 is 5.97 Å². The maximum atomic E-state index is 11.0. The van der Waals surface area contributed by atoms with Crippen molar-refractivity contribution >= 4 is 28.4 Å². The van der Waals surface area contributed by atoms with Crippen LogP contribution in [0.3, 0.4) is 0 Å². The number of aryl methyl sites for hydroxylation is 1. The third-order valence-electron chi connectivity index (χ3n) is 3.33. The molecule has 2 N–H and O–H groups in total. The van der Waals surface area contributed by atoms with Gasteiger partial charge in [0.2, 0.25) is 0 Å². The van der Waals surface area contributed by atoms with Crippen molar-refractivity contribution in [1.82, 2.24) is 4.98 Å². The largest absolute Gasteiger partial charge is 0.478 e. The average Bonchev–Trinajstić information content (AvgIpc) is 2.47. The summed E-state index contributed by atoms with van der Waals surface area (Å²) in [4.78, 5) is 15.5. The lowest BCUT2D eigenvalue weighted by molar-refractivity contribution is 0.0696. The molecule has 0 amide bonds. The molecule has 0 aliphatic rings. The number of carboxylic acid groups (broad SMARTS) is 1. The molecule has 0 aliphatic carbocycles. The molecule has 4 heteroatoms. The van der Waals surface area contributed by atoms with Gasteiger partial charge in [0.1, 0.15) is 5.82 Å². The van der Waals surface area contributed by atoms with E-state index in [1.807, 2.05) is 36.4 Å². The molecule has 0 saturated heterocycles. The molecule has 3 aromatic rings. The van der Waals surface area contributed by atoms with Crippen LogP contribution in [0.5, 0.6) is 0 Å². The summed E-state index contributed by atoms with van der Waals surface area (Å²) in [5, 5.41) is 13.3. The Hall–Kier alpha value is -2.88. The van der Waals surface area contributed by atoms with E-state index in [0.717, 1.165) is 22.4 Å². The second-order valence-corrected chi connectivity index (χ2v) is 4.85. The van der Waals surface area contributed by atoms with Gasteiger partial charge in [0.05, 0.1) is 11.1 Å². The molecule has 3 rings (SSSR count). The fourth-order valence-corrected chi connectivity index (χ4v) is 2.26. The first-order chi connectivity index (χ1) is 10.1. The van der Waals surface area contributed by atoms with Crippen molar-refractivity contribution in [2.45, 2.75) is 6.92 Å². The summed E-state index contributed by atoms with van der Waals surface area (Å²) in [6.07, 6.45) is 0. The Morgan fingerprint density at radius 3 is 2.67 bits per heavy atom. The molecule has 0 saturated carbocycles. The van der Waals surface area contributed by atoms with Gasteiger partial charge in [-0.2, -0.15) is 0 Å². The van der Waals surface area contributed by atoms with Gasteiger partial charge < -0.3 is 10.4 Å². The molecule has 0 fully saturated rings. The van der Waals surface area contributed by atoms with Gasteiger partial charge in [-0.1, -0.05) is 18.2 Å². The molecule has 0 bridgehead atoms. The van der Waals surface area contributed by atoms with Gasteiger partial charge in [-0.3, -0.25) is 0 Å². The van der Waals surface area contributed by atoms with Crippen LogP contribution < -0.4 is 5.32 Å². The number of benzene rings is 2. The Bertz CT molecular complexity index is 828. The molecule has 1 heterocycles. The summed E-state index contributed by atoms with van der Waals surface area (Å²) in [6, 6.07) is 17.0. The number of aromatic carboxylic acids is 1. The number of hydrogen-bond donors (Lipinski definition) is 2. The number of nitrogens with one attached hydrogen (secondary N) is 1. The molecular weight excluding hydrogens is 264 g/mol. The second-order valence-electron chi connectivity index (χ2n) is 4.85. The zero-order valence-electron chi connectivity index (χ0n) is 11.5. The van der Waals surface area contributed by atoms with E-state index in [0.29, 0.717) is 11.1 Å². The van der Waals surface area contributed by atoms with E-state index in [9.17, 15) is 4.79 Å². The Morgan fingerprint density at radius 1 is 1.10 bits per heavy atom. The molecule has 21 heavy (non-hydrogen) atoms. The molecule has 2 aromatic carbocycles. The van der Waals surface area contributed by atoms with Crippen LogP contribution in [0.2, 0.25) is 0 Å². The third-order valence-corrected chi connectivity index (χ3v) is 3.33. The summed E-state index contributed by atoms with van der Waals surface area (Å²) in [5.41, 5.74) is 2.77. The highest BCUT2D eigenvalue weighted by Gasteiger charge is 2.07. The number of carbonyl (C=O) groups is 1. The fourth-order valence-electron chi connectivity index (χ4n) is 2.26. The second kappa shape index (κ2) is 5.25. The lowest BCUT2D eigenvalue weighted by atomic mass is 10.1. The number of nitrogens with zero attached hydrogens (tertiary/aromatic N) is 1. The van der Waals surface area contributed by atoms with Crippen LogP contribution in [0.15, 0.2) is 54.6 Å². The average molecular weight is 278 g/mol. The molecule has 0 radical (unpaired) electrons. The van der Waals surface area contributed by atoms with Crippen molar-refractivity contribution in [3.63, 3.8) is 0 Å². The molecule has 4 nitrogen and oxygen atoms in total. The van der Waals surface area contributed by atoms with Crippen LogP contribution in [-0.2, 0) is 0 Å². The first-order valence-electron chi connectivity index (χ1n) is 6.60. The Kier molecular flexibility index (Phi) is 3.28. The number of aromatic nitrogens is 1. The Labute approximate surface area is 122 Å². The van der Waals surface area contributed by atoms with Gasteiger partial charge in [0.15, 0.2) is 0 Å². The topological polar surface area (TPSA) is 62.2 Å². The molecule has 0 atom stereocenters. The quantitative estimate of drug-likeness (QED) is 0.760. The van der Waals surface area contributed by atoms with E-state index >= 15 is 0 Å². The van der Waals surface area contributed by atoms with Gasteiger partial charge in [0.25, 0.3) is 0 Å². The van der Waals surface area contributed by atoms with Crippen molar-refractivity contribution in [2.24, 2.45) is 0 Å². The summed E-state index contributed by atoms with van der Waals surface area (Å²) >= 11 is 0. The SMILES string of the molecule is Cc1cc(Nc2ccc3ccccc3n2)ccc1C(=O)O. The minimum atomic E-state index is -0.914. The first kappa shape index (κ1) is 13.1. The highest BCUT2D eigenvalue weighted by molar-refractivity contribution is 5.90. The summed E-state index contributed by atoms with van der Waals surface area (Å²) in [6.45, 7) is 1.78. The number of pyridine rings is 1. The monoisotopic (exact) mass is 278 g/mol. The molecule has 0 spiro atoms. The Balaban J connectivity index is 1.91. The van der Waals surface area contributed by atoms with Crippen molar-refractivity contribution in [1.29, 1.82) is 0 Å². The zero-order valence-corrected chi connectivity index (χ0v) is 11.5.